The van der Waals surface area contributed by atoms with Gasteiger partial charge in [-0.05, 0) is 18.9 Å². The van der Waals surface area contributed by atoms with Crippen molar-refractivity contribution in [2.75, 3.05) is 39.9 Å². The first-order valence-electron chi connectivity index (χ1n) is 7.78. The number of hydrogen-bond donors (Lipinski definition) is 2. The highest BCUT2D eigenvalue weighted by atomic mass is 16.5. The Morgan fingerprint density at radius 1 is 1.33 bits per heavy atom. The van der Waals surface area contributed by atoms with Gasteiger partial charge in [-0.1, -0.05) is 20.8 Å². The molecule has 2 unspecified atom stereocenters. The molecule has 2 N–H and O–H groups in total. The third-order valence-corrected chi connectivity index (χ3v) is 3.52. The van der Waals surface area contributed by atoms with E-state index in [1.165, 1.54) is 4.90 Å². The summed E-state index contributed by atoms with van der Waals surface area (Å²) < 4.78 is 5.41. The van der Waals surface area contributed by atoms with Crippen LogP contribution in [0.3, 0.4) is 0 Å². The van der Waals surface area contributed by atoms with Crippen LogP contribution in [0.1, 0.15) is 27.2 Å². The van der Waals surface area contributed by atoms with E-state index in [1.807, 2.05) is 13.8 Å². The zero-order chi connectivity index (χ0) is 15.8. The van der Waals surface area contributed by atoms with Crippen LogP contribution >= 0.6 is 0 Å². The molecule has 1 aliphatic heterocycles. The molecule has 1 heterocycles. The highest BCUT2D eigenvalue weighted by Crippen LogP contribution is 2.16. The molecule has 1 aliphatic rings. The van der Waals surface area contributed by atoms with Crippen molar-refractivity contribution in [3.05, 3.63) is 0 Å². The molecule has 6 heteroatoms. The highest BCUT2D eigenvalue weighted by Gasteiger charge is 2.35. The van der Waals surface area contributed by atoms with Gasteiger partial charge in [-0.2, -0.15) is 0 Å². The maximum absolute atomic E-state index is 12.4. The zero-order valence-corrected chi connectivity index (χ0v) is 13.6. The average Bonchev–Trinajstić information content (AvgIpc) is 2.90. The van der Waals surface area contributed by atoms with Crippen LogP contribution in [-0.4, -0.2) is 62.7 Å². The summed E-state index contributed by atoms with van der Waals surface area (Å²) in [6, 6.07) is 0.0543. The second-order valence-electron chi connectivity index (χ2n) is 6.10. The van der Waals surface area contributed by atoms with Gasteiger partial charge in [-0.3, -0.25) is 9.59 Å². The van der Waals surface area contributed by atoms with Crippen molar-refractivity contribution in [3.8, 4) is 0 Å². The summed E-state index contributed by atoms with van der Waals surface area (Å²) >= 11 is 0. The van der Waals surface area contributed by atoms with Crippen LogP contribution in [-0.2, 0) is 14.3 Å². The minimum atomic E-state index is -0.195. The lowest BCUT2D eigenvalue weighted by Gasteiger charge is -2.24. The van der Waals surface area contributed by atoms with Crippen LogP contribution in [0.5, 0.6) is 0 Å². The molecule has 2 amide bonds. The molecule has 0 aromatic rings. The summed E-state index contributed by atoms with van der Waals surface area (Å²) in [4.78, 5) is 25.7. The molecule has 6 nitrogen and oxygen atoms in total. The Hall–Kier alpha value is -1.14. The summed E-state index contributed by atoms with van der Waals surface area (Å²) in [5, 5.41) is 6.16. The lowest BCUT2D eigenvalue weighted by atomic mass is 10.0. The summed E-state index contributed by atoms with van der Waals surface area (Å²) in [5.41, 5.74) is 0. The number of nitrogens with one attached hydrogen (secondary N) is 2. The first-order chi connectivity index (χ1) is 9.95. The highest BCUT2D eigenvalue weighted by molar-refractivity contribution is 5.86. The van der Waals surface area contributed by atoms with Crippen molar-refractivity contribution in [2.45, 2.75) is 33.2 Å². The van der Waals surface area contributed by atoms with Crippen LogP contribution in [0.25, 0.3) is 0 Å². The molecule has 0 aliphatic carbocycles. The van der Waals surface area contributed by atoms with Gasteiger partial charge < -0.3 is 20.3 Å². The number of carbonyl (C=O) groups excluding carboxylic acids is 2. The van der Waals surface area contributed by atoms with Crippen molar-refractivity contribution in [2.24, 2.45) is 11.8 Å². The van der Waals surface area contributed by atoms with Crippen molar-refractivity contribution in [1.82, 2.24) is 15.5 Å². The standard InChI is InChI=1S/C15H29N3O3/c1-5-6-16-13-10-21-9-12(13)15(20)18(4)8-14(19)17-7-11(2)3/h11-13,16H,5-10H2,1-4H3,(H,17,19). The van der Waals surface area contributed by atoms with E-state index in [-0.39, 0.29) is 30.3 Å². The summed E-state index contributed by atoms with van der Waals surface area (Å²) in [6.07, 6.45) is 1.02. The second kappa shape index (κ2) is 9.00. The van der Waals surface area contributed by atoms with Crippen LogP contribution < -0.4 is 10.6 Å². The molecule has 122 valence electrons. The largest absolute Gasteiger partial charge is 0.379 e. The van der Waals surface area contributed by atoms with E-state index < -0.39 is 0 Å². The summed E-state index contributed by atoms with van der Waals surface area (Å²) in [7, 11) is 1.67. The van der Waals surface area contributed by atoms with E-state index in [4.69, 9.17) is 4.74 Å². The molecule has 0 radical (unpaired) electrons. The predicted molar refractivity (Wildman–Crippen MR) is 81.9 cm³/mol. The maximum atomic E-state index is 12.4. The van der Waals surface area contributed by atoms with Gasteiger partial charge in [-0.25, -0.2) is 0 Å². The topological polar surface area (TPSA) is 70.7 Å². The van der Waals surface area contributed by atoms with Gasteiger partial charge in [0.2, 0.25) is 11.8 Å². The monoisotopic (exact) mass is 299 g/mol. The lowest BCUT2D eigenvalue weighted by molar-refractivity contribution is -0.138. The van der Waals surface area contributed by atoms with Crippen molar-refractivity contribution >= 4 is 11.8 Å². The Kier molecular flexibility index (Phi) is 7.67. The number of nitrogens with zero attached hydrogens (tertiary/aromatic N) is 1. The fourth-order valence-corrected chi connectivity index (χ4v) is 2.28. The fourth-order valence-electron chi connectivity index (χ4n) is 2.28. The maximum Gasteiger partial charge on any atom is 0.239 e. The fraction of sp³-hybridized carbons (Fsp3) is 0.867. The SMILES string of the molecule is CCCNC1COCC1C(=O)N(C)CC(=O)NCC(C)C. The molecule has 0 spiro atoms. The molecular weight excluding hydrogens is 270 g/mol. The zero-order valence-electron chi connectivity index (χ0n) is 13.6. The van der Waals surface area contributed by atoms with E-state index in [0.717, 1.165) is 13.0 Å². The minimum absolute atomic E-state index is 0.0270. The van der Waals surface area contributed by atoms with Crippen molar-refractivity contribution in [1.29, 1.82) is 0 Å². The Labute approximate surface area is 127 Å². The van der Waals surface area contributed by atoms with Gasteiger partial charge >= 0.3 is 0 Å². The third-order valence-electron chi connectivity index (χ3n) is 3.52. The van der Waals surface area contributed by atoms with Crippen LogP contribution in [0, 0.1) is 11.8 Å². The quantitative estimate of drug-likeness (QED) is 0.673. The Balaban J connectivity index is 2.43. The van der Waals surface area contributed by atoms with E-state index in [9.17, 15) is 9.59 Å². The third kappa shape index (κ3) is 6.01. The molecule has 0 bridgehead atoms. The second-order valence-corrected chi connectivity index (χ2v) is 6.10. The number of ether oxygens (including phenoxy) is 1. The number of hydrogen-bond acceptors (Lipinski definition) is 4. The Morgan fingerprint density at radius 2 is 2.05 bits per heavy atom. The molecule has 1 saturated heterocycles. The van der Waals surface area contributed by atoms with E-state index in [1.54, 1.807) is 7.05 Å². The molecule has 1 rings (SSSR count). The first-order valence-corrected chi connectivity index (χ1v) is 7.78. The molecular formula is C15H29N3O3. The van der Waals surface area contributed by atoms with Gasteiger partial charge in [0, 0.05) is 19.6 Å². The van der Waals surface area contributed by atoms with Crippen LogP contribution in [0.4, 0.5) is 0 Å². The molecule has 21 heavy (non-hydrogen) atoms. The van der Waals surface area contributed by atoms with Crippen molar-refractivity contribution in [3.63, 3.8) is 0 Å². The molecule has 0 saturated carbocycles. The smallest absolute Gasteiger partial charge is 0.239 e. The first kappa shape index (κ1) is 17.9. The molecule has 2 atom stereocenters. The average molecular weight is 299 g/mol. The van der Waals surface area contributed by atoms with Crippen LogP contribution in [0.15, 0.2) is 0 Å². The van der Waals surface area contributed by atoms with Crippen molar-refractivity contribution < 1.29 is 14.3 Å². The van der Waals surface area contributed by atoms with Gasteiger partial charge in [0.25, 0.3) is 0 Å². The van der Waals surface area contributed by atoms with Gasteiger partial charge in [-0.15, -0.1) is 0 Å². The Morgan fingerprint density at radius 3 is 2.67 bits per heavy atom. The van der Waals surface area contributed by atoms with Gasteiger partial charge in [0.1, 0.15) is 0 Å². The van der Waals surface area contributed by atoms with E-state index >= 15 is 0 Å². The van der Waals surface area contributed by atoms with E-state index in [2.05, 4.69) is 17.6 Å². The summed E-state index contributed by atoms with van der Waals surface area (Å²) in [6.45, 7) is 8.75. The molecule has 0 aromatic heterocycles. The molecule has 0 aromatic carbocycles. The van der Waals surface area contributed by atoms with Gasteiger partial charge in [0.05, 0.1) is 25.7 Å². The number of likely N-dealkylation sites (N-methyl/N-ethyl adjacent to an activating group) is 1. The lowest BCUT2D eigenvalue weighted by Crippen LogP contribution is -2.47. The van der Waals surface area contributed by atoms with E-state index in [0.29, 0.717) is 25.7 Å². The Bertz CT molecular complexity index is 347. The molecule has 1 fully saturated rings. The minimum Gasteiger partial charge on any atom is -0.379 e. The number of rotatable bonds is 8. The van der Waals surface area contributed by atoms with Crippen LogP contribution in [0.2, 0.25) is 0 Å². The normalized spacial score (nSPS) is 21.6. The number of amides is 2. The van der Waals surface area contributed by atoms with Gasteiger partial charge in [0.15, 0.2) is 0 Å². The number of carbonyl (C=O) groups is 2. The summed E-state index contributed by atoms with van der Waals surface area (Å²) in [5.74, 6) is 0.0672. The predicted octanol–water partition coefficient (Wildman–Crippen LogP) is 0.232.